The van der Waals surface area contributed by atoms with Crippen molar-refractivity contribution in [2.24, 2.45) is 10.8 Å². The predicted molar refractivity (Wildman–Crippen MR) is 79.8 cm³/mol. The first-order chi connectivity index (χ1) is 9.58. The van der Waals surface area contributed by atoms with E-state index in [1.165, 1.54) is 12.3 Å². The number of carboxylic acid groups (broad SMARTS) is 1. The lowest BCUT2D eigenvalue weighted by atomic mass is 9.84. The lowest BCUT2D eigenvalue weighted by Crippen LogP contribution is -2.28. The Bertz CT molecular complexity index is 559. The van der Waals surface area contributed by atoms with Gasteiger partial charge in [-0.15, -0.1) is 0 Å². The molecular formula is C13H16N4O2S. The number of carbonyl (C=O) groups is 1. The van der Waals surface area contributed by atoms with E-state index in [4.69, 9.17) is 23.1 Å². The van der Waals surface area contributed by atoms with E-state index in [-0.39, 0.29) is 16.6 Å². The molecule has 0 unspecified atom stereocenters. The molecule has 6 nitrogen and oxygen atoms in total. The van der Waals surface area contributed by atoms with Crippen LogP contribution in [-0.4, -0.2) is 26.9 Å². The summed E-state index contributed by atoms with van der Waals surface area (Å²) in [5, 5.41) is 13.4. The van der Waals surface area contributed by atoms with E-state index in [1.54, 1.807) is 6.07 Å². The van der Waals surface area contributed by atoms with Crippen molar-refractivity contribution in [1.29, 1.82) is 0 Å². The highest BCUT2D eigenvalue weighted by atomic mass is 32.1. The molecule has 2 rings (SSSR count). The molecule has 0 spiro atoms. The molecule has 1 atom stereocenters. The Labute approximate surface area is 122 Å². The standard InChI is InChI=1S/C13H16N4O2S/c14-13(20)17-16-10-4-2-1-3-9(10)11-7-8(12(18)19)5-6-15-11/h5-7,9H,1-4H2,(H,18,19)(H3,14,17,20)/b16-10-/t9-/m0/s1. The minimum absolute atomic E-state index is 0.0184. The quantitative estimate of drug-likeness (QED) is 0.578. The fourth-order valence-electron chi connectivity index (χ4n) is 2.35. The average Bonchev–Trinajstić information content (AvgIpc) is 2.45. The predicted octanol–water partition coefficient (Wildman–Crippen LogP) is 1.63. The van der Waals surface area contributed by atoms with Crippen LogP contribution in [0, 0.1) is 0 Å². The number of nitrogens with two attached hydrogens (primary N) is 1. The molecule has 0 saturated heterocycles. The minimum Gasteiger partial charge on any atom is -0.478 e. The summed E-state index contributed by atoms with van der Waals surface area (Å²) < 4.78 is 0. The van der Waals surface area contributed by atoms with Crippen LogP contribution in [0.25, 0.3) is 0 Å². The smallest absolute Gasteiger partial charge is 0.335 e. The van der Waals surface area contributed by atoms with Gasteiger partial charge in [-0.1, -0.05) is 6.42 Å². The lowest BCUT2D eigenvalue weighted by molar-refractivity contribution is 0.0696. The minimum atomic E-state index is -0.954. The first-order valence-corrected chi connectivity index (χ1v) is 6.80. The van der Waals surface area contributed by atoms with Gasteiger partial charge in [0.05, 0.1) is 5.56 Å². The molecule has 106 valence electrons. The van der Waals surface area contributed by atoms with Crippen molar-refractivity contribution in [3.05, 3.63) is 29.6 Å². The van der Waals surface area contributed by atoms with Gasteiger partial charge in [-0.3, -0.25) is 10.4 Å². The second-order valence-electron chi connectivity index (χ2n) is 4.65. The largest absolute Gasteiger partial charge is 0.478 e. The maximum atomic E-state index is 11.0. The van der Waals surface area contributed by atoms with Crippen molar-refractivity contribution >= 4 is 29.0 Å². The molecule has 1 aliphatic carbocycles. The van der Waals surface area contributed by atoms with Crippen molar-refractivity contribution in [2.45, 2.75) is 31.6 Å². The van der Waals surface area contributed by atoms with E-state index >= 15 is 0 Å². The number of aromatic carboxylic acids is 1. The van der Waals surface area contributed by atoms with Crippen LogP contribution in [0.2, 0.25) is 0 Å². The van der Waals surface area contributed by atoms with Crippen molar-refractivity contribution in [3.63, 3.8) is 0 Å². The van der Waals surface area contributed by atoms with E-state index in [9.17, 15) is 4.79 Å². The first kappa shape index (κ1) is 14.4. The molecule has 0 aliphatic heterocycles. The monoisotopic (exact) mass is 292 g/mol. The van der Waals surface area contributed by atoms with E-state index in [0.29, 0.717) is 0 Å². The summed E-state index contributed by atoms with van der Waals surface area (Å²) in [6.45, 7) is 0. The van der Waals surface area contributed by atoms with Gasteiger partial charge in [0.15, 0.2) is 5.11 Å². The summed E-state index contributed by atoms with van der Waals surface area (Å²) in [5.74, 6) is -0.936. The number of nitrogens with zero attached hydrogens (tertiary/aromatic N) is 2. The van der Waals surface area contributed by atoms with Crippen LogP contribution in [0.1, 0.15) is 47.7 Å². The van der Waals surface area contributed by atoms with Crippen LogP contribution in [0.15, 0.2) is 23.4 Å². The van der Waals surface area contributed by atoms with Crippen LogP contribution in [0.3, 0.4) is 0 Å². The highest BCUT2D eigenvalue weighted by Gasteiger charge is 2.24. The van der Waals surface area contributed by atoms with Gasteiger partial charge in [0, 0.05) is 23.5 Å². The van der Waals surface area contributed by atoms with Gasteiger partial charge < -0.3 is 10.8 Å². The zero-order chi connectivity index (χ0) is 14.5. The third kappa shape index (κ3) is 3.51. The Morgan fingerprint density at radius 1 is 1.55 bits per heavy atom. The molecule has 1 fully saturated rings. The average molecular weight is 292 g/mol. The maximum absolute atomic E-state index is 11.0. The van der Waals surface area contributed by atoms with Crippen LogP contribution >= 0.6 is 12.2 Å². The summed E-state index contributed by atoms with van der Waals surface area (Å²) in [5.41, 5.74) is 9.87. The topological polar surface area (TPSA) is 101 Å². The lowest BCUT2D eigenvalue weighted by Gasteiger charge is -2.23. The molecule has 1 aromatic rings. The number of hydrazone groups is 1. The van der Waals surface area contributed by atoms with Crippen LogP contribution < -0.4 is 11.2 Å². The number of pyridine rings is 1. The Balaban J connectivity index is 2.27. The molecule has 20 heavy (non-hydrogen) atoms. The van der Waals surface area contributed by atoms with Crippen LogP contribution in [-0.2, 0) is 0 Å². The molecular weight excluding hydrogens is 276 g/mol. The molecule has 1 aliphatic rings. The van der Waals surface area contributed by atoms with Crippen molar-refractivity contribution in [1.82, 2.24) is 10.4 Å². The second-order valence-corrected chi connectivity index (χ2v) is 5.09. The molecule has 0 radical (unpaired) electrons. The van der Waals surface area contributed by atoms with Crippen molar-refractivity contribution in [3.8, 4) is 0 Å². The van der Waals surface area contributed by atoms with E-state index in [0.717, 1.165) is 37.1 Å². The summed E-state index contributed by atoms with van der Waals surface area (Å²) in [6, 6.07) is 3.09. The first-order valence-electron chi connectivity index (χ1n) is 6.39. The van der Waals surface area contributed by atoms with E-state index in [2.05, 4.69) is 15.5 Å². The summed E-state index contributed by atoms with van der Waals surface area (Å²) in [7, 11) is 0. The molecule has 1 heterocycles. The second kappa shape index (κ2) is 6.42. The molecule has 0 bridgehead atoms. The third-order valence-corrected chi connectivity index (χ3v) is 3.36. The number of carboxylic acids is 1. The van der Waals surface area contributed by atoms with Crippen molar-refractivity contribution in [2.75, 3.05) is 0 Å². The molecule has 0 aromatic carbocycles. The summed E-state index contributed by atoms with van der Waals surface area (Å²) in [4.78, 5) is 15.3. The Hall–Kier alpha value is -2.02. The van der Waals surface area contributed by atoms with Gasteiger partial charge in [0.2, 0.25) is 0 Å². The third-order valence-electron chi connectivity index (χ3n) is 3.27. The summed E-state index contributed by atoms with van der Waals surface area (Å²) in [6.07, 6.45) is 5.36. The van der Waals surface area contributed by atoms with Gasteiger partial charge in [-0.25, -0.2) is 4.79 Å². The van der Waals surface area contributed by atoms with Crippen LogP contribution in [0.5, 0.6) is 0 Å². The van der Waals surface area contributed by atoms with Crippen LogP contribution in [0.4, 0.5) is 0 Å². The highest BCUT2D eigenvalue weighted by Crippen LogP contribution is 2.30. The van der Waals surface area contributed by atoms with Crippen molar-refractivity contribution < 1.29 is 9.90 Å². The Morgan fingerprint density at radius 3 is 3.05 bits per heavy atom. The van der Waals surface area contributed by atoms with Gasteiger partial charge in [-0.05, 0) is 43.6 Å². The number of aromatic nitrogens is 1. The summed E-state index contributed by atoms with van der Waals surface area (Å²) >= 11 is 4.74. The fourth-order valence-corrected chi connectivity index (χ4v) is 2.39. The number of thiocarbonyl (C=S) groups is 1. The van der Waals surface area contributed by atoms with Gasteiger partial charge in [0.25, 0.3) is 0 Å². The molecule has 4 N–H and O–H groups in total. The normalized spacial score (nSPS) is 20.6. The molecule has 1 saturated carbocycles. The van der Waals surface area contributed by atoms with Gasteiger partial charge in [-0.2, -0.15) is 5.10 Å². The van der Waals surface area contributed by atoms with Gasteiger partial charge in [0.1, 0.15) is 0 Å². The zero-order valence-corrected chi connectivity index (χ0v) is 11.7. The maximum Gasteiger partial charge on any atom is 0.335 e. The number of hydrogen-bond acceptors (Lipinski definition) is 4. The number of rotatable bonds is 3. The zero-order valence-electron chi connectivity index (χ0n) is 10.9. The Morgan fingerprint density at radius 2 is 2.35 bits per heavy atom. The highest BCUT2D eigenvalue weighted by molar-refractivity contribution is 7.80. The number of hydrogen-bond donors (Lipinski definition) is 3. The Kier molecular flexibility index (Phi) is 4.62. The van der Waals surface area contributed by atoms with E-state index in [1.807, 2.05) is 0 Å². The molecule has 0 amide bonds. The SMILES string of the molecule is NC(=S)N/N=C1/CCCC[C@@H]1c1cc(C(=O)O)ccn1. The fraction of sp³-hybridized carbons (Fsp3) is 0.385. The molecule has 1 aromatic heterocycles. The number of nitrogens with one attached hydrogen (secondary N) is 1. The molecule has 7 heteroatoms. The van der Waals surface area contributed by atoms with E-state index < -0.39 is 5.97 Å². The van der Waals surface area contributed by atoms with Gasteiger partial charge >= 0.3 is 5.97 Å².